The minimum absolute atomic E-state index is 0.0497. The summed E-state index contributed by atoms with van der Waals surface area (Å²) in [5, 5.41) is 11.2. The average Bonchev–Trinajstić information content (AvgIpc) is 2.26. The van der Waals surface area contributed by atoms with E-state index in [0.29, 0.717) is 25.9 Å². The molecule has 0 atom stereocenters. The molecule has 0 aliphatic heterocycles. The maximum atomic E-state index is 11.5. The highest BCUT2D eigenvalue weighted by molar-refractivity contribution is 5.76. The summed E-state index contributed by atoms with van der Waals surface area (Å²) in [5.74, 6) is -1.08. The highest BCUT2D eigenvalue weighted by atomic mass is 16.4. The van der Waals surface area contributed by atoms with Gasteiger partial charge in [0.15, 0.2) is 0 Å². The van der Waals surface area contributed by atoms with E-state index in [9.17, 15) is 14.4 Å². The van der Waals surface area contributed by atoms with E-state index in [0.717, 1.165) is 0 Å². The Kier molecular flexibility index (Phi) is 7.75. The molecule has 6 heteroatoms. The molecule has 2 N–H and O–H groups in total. The summed E-state index contributed by atoms with van der Waals surface area (Å²) in [5.41, 5.74) is 0. The average molecular weight is 244 g/mol. The molecular formula is C11H20N2O4. The van der Waals surface area contributed by atoms with Gasteiger partial charge in [0.1, 0.15) is 0 Å². The van der Waals surface area contributed by atoms with Crippen molar-refractivity contribution in [3.05, 3.63) is 0 Å². The molecule has 0 saturated heterocycles. The van der Waals surface area contributed by atoms with Gasteiger partial charge in [-0.2, -0.15) is 0 Å². The summed E-state index contributed by atoms with van der Waals surface area (Å²) < 4.78 is 0. The van der Waals surface area contributed by atoms with Gasteiger partial charge in [0.25, 0.3) is 0 Å². The van der Waals surface area contributed by atoms with Crippen LogP contribution in [0.2, 0.25) is 0 Å². The maximum Gasteiger partial charge on any atom is 0.305 e. The molecule has 2 amide bonds. The van der Waals surface area contributed by atoms with E-state index in [-0.39, 0.29) is 24.8 Å². The van der Waals surface area contributed by atoms with Crippen LogP contribution in [0.1, 0.15) is 33.1 Å². The largest absolute Gasteiger partial charge is 0.481 e. The Bertz CT molecular complexity index is 279. The molecule has 0 spiro atoms. The third kappa shape index (κ3) is 8.24. The molecule has 0 aliphatic rings. The van der Waals surface area contributed by atoms with Gasteiger partial charge in [0, 0.05) is 33.0 Å². The van der Waals surface area contributed by atoms with E-state index >= 15 is 0 Å². The van der Waals surface area contributed by atoms with Gasteiger partial charge in [-0.15, -0.1) is 0 Å². The molecule has 17 heavy (non-hydrogen) atoms. The zero-order chi connectivity index (χ0) is 13.3. The second kappa shape index (κ2) is 8.55. The van der Waals surface area contributed by atoms with Crippen LogP contribution in [-0.4, -0.2) is 47.4 Å². The Labute approximate surface area is 101 Å². The Balaban J connectivity index is 3.97. The predicted molar refractivity (Wildman–Crippen MR) is 62.4 cm³/mol. The number of carbonyl (C=O) groups excluding carboxylic acids is 2. The van der Waals surface area contributed by atoms with Crippen molar-refractivity contribution in [2.75, 3.05) is 19.6 Å². The van der Waals surface area contributed by atoms with Crippen LogP contribution in [0.4, 0.5) is 0 Å². The monoisotopic (exact) mass is 244 g/mol. The summed E-state index contributed by atoms with van der Waals surface area (Å²) >= 11 is 0. The lowest BCUT2D eigenvalue weighted by atomic mass is 10.3. The van der Waals surface area contributed by atoms with Crippen molar-refractivity contribution < 1.29 is 19.5 Å². The summed E-state index contributed by atoms with van der Waals surface area (Å²) in [6.07, 6.45) is 0.941. The molecular weight excluding hydrogens is 224 g/mol. The molecule has 0 aliphatic carbocycles. The van der Waals surface area contributed by atoms with Crippen molar-refractivity contribution in [3.63, 3.8) is 0 Å². The number of nitrogens with zero attached hydrogens (tertiary/aromatic N) is 1. The summed E-state index contributed by atoms with van der Waals surface area (Å²) in [7, 11) is 0. The normalized spacial score (nSPS) is 9.76. The molecule has 6 nitrogen and oxygen atoms in total. The van der Waals surface area contributed by atoms with Crippen LogP contribution < -0.4 is 5.32 Å². The maximum absolute atomic E-state index is 11.5. The standard InChI is InChI=1S/C11H20N2O4/c1-3-10(15)13(8-5-11(16)17)7-4-6-12-9(2)14/h3-8H2,1-2H3,(H,12,14)(H,16,17). The Hall–Kier alpha value is -1.59. The van der Waals surface area contributed by atoms with Crippen LogP contribution >= 0.6 is 0 Å². The molecule has 0 aromatic rings. The lowest BCUT2D eigenvalue weighted by molar-refractivity contribution is -0.138. The summed E-state index contributed by atoms with van der Waals surface area (Å²) in [6, 6.07) is 0. The van der Waals surface area contributed by atoms with Crippen molar-refractivity contribution >= 4 is 17.8 Å². The van der Waals surface area contributed by atoms with Gasteiger partial charge in [-0.05, 0) is 6.42 Å². The molecule has 0 unspecified atom stereocenters. The topological polar surface area (TPSA) is 86.7 Å². The summed E-state index contributed by atoms with van der Waals surface area (Å²) in [4.78, 5) is 34.1. The van der Waals surface area contributed by atoms with E-state index in [1.165, 1.54) is 11.8 Å². The van der Waals surface area contributed by atoms with Gasteiger partial charge in [0.05, 0.1) is 6.42 Å². The van der Waals surface area contributed by atoms with Gasteiger partial charge >= 0.3 is 5.97 Å². The zero-order valence-electron chi connectivity index (χ0n) is 10.4. The number of hydrogen-bond donors (Lipinski definition) is 2. The van der Waals surface area contributed by atoms with Crippen molar-refractivity contribution in [3.8, 4) is 0 Å². The van der Waals surface area contributed by atoms with Gasteiger partial charge in [0.2, 0.25) is 11.8 Å². The highest BCUT2D eigenvalue weighted by Gasteiger charge is 2.12. The van der Waals surface area contributed by atoms with Gasteiger partial charge in [-0.1, -0.05) is 6.92 Å². The fourth-order valence-corrected chi connectivity index (χ4v) is 1.35. The second-order valence-electron chi connectivity index (χ2n) is 3.71. The fraction of sp³-hybridized carbons (Fsp3) is 0.727. The molecule has 0 heterocycles. The first-order valence-electron chi connectivity index (χ1n) is 5.71. The van der Waals surface area contributed by atoms with E-state index in [1.54, 1.807) is 6.92 Å². The van der Waals surface area contributed by atoms with Crippen molar-refractivity contribution in [1.82, 2.24) is 10.2 Å². The van der Waals surface area contributed by atoms with E-state index in [1.807, 2.05) is 0 Å². The van der Waals surface area contributed by atoms with Gasteiger partial charge in [-0.3, -0.25) is 14.4 Å². The molecule has 0 radical (unpaired) electrons. The number of carbonyl (C=O) groups is 3. The fourth-order valence-electron chi connectivity index (χ4n) is 1.35. The summed E-state index contributed by atoms with van der Waals surface area (Å²) in [6.45, 7) is 4.36. The number of carboxylic acids is 1. The lowest BCUT2D eigenvalue weighted by Crippen LogP contribution is -2.35. The van der Waals surface area contributed by atoms with E-state index in [4.69, 9.17) is 5.11 Å². The molecule has 0 bridgehead atoms. The highest BCUT2D eigenvalue weighted by Crippen LogP contribution is 1.98. The molecule has 0 aromatic carbocycles. The molecule has 0 rings (SSSR count). The Morgan fingerprint density at radius 1 is 1.24 bits per heavy atom. The number of aliphatic carboxylic acids is 1. The minimum Gasteiger partial charge on any atom is -0.481 e. The van der Waals surface area contributed by atoms with Crippen molar-refractivity contribution in [1.29, 1.82) is 0 Å². The van der Waals surface area contributed by atoms with Crippen LogP contribution in [0.5, 0.6) is 0 Å². The first-order valence-corrected chi connectivity index (χ1v) is 5.71. The molecule has 0 saturated carbocycles. The third-order valence-corrected chi connectivity index (χ3v) is 2.23. The van der Waals surface area contributed by atoms with Gasteiger partial charge in [-0.25, -0.2) is 0 Å². The van der Waals surface area contributed by atoms with Crippen LogP contribution in [0.3, 0.4) is 0 Å². The first-order chi connectivity index (χ1) is 7.97. The molecule has 0 aromatic heterocycles. The Morgan fingerprint density at radius 3 is 2.35 bits per heavy atom. The lowest BCUT2D eigenvalue weighted by Gasteiger charge is -2.21. The van der Waals surface area contributed by atoms with Crippen LogP contribution in [0, 0.1) is 0 Å². The SMILES string of the molecule is CCC(=O)N(CCCNC(C)=O)CCC(=O)O. The molecule has 0 fully saturated rings. The van der Waals surface area contributed by atoms with Crippen LogP contribution in [0.15, 0.2) is 0 Å². The smallest absolute Gasteiger partial charge is 0.305 e. The quantitative estimate of drug-likeness (QED) is 0.598. The van der Waals surface area contributed by atoms with Crippen molar-refractivity contribution in [2.45, 2.75) is 33.1 Å². The van der Waals surface area contributed by atoms with Crippen LogP contribution in [0.25, 0.3) is 0 Å². The van der Waals surface area contributed by atoms with E-state index < -0.39 is 5.97 Å². The zero-order valence-corrected chi connectivity index (χ0v) is 10.4. The number of rotatable bonds is 8. The molecule has 98 valence electrons. The number of hydrogen-bond acceptors (Lipinski definition) is 3. The van der Waals surface area contributed by atoms with E-state index in [2.05, 4.69) is 5.32 Å². The van der Waals surface area contributed by atoms with Gasteiger partial charge < -0.3 is 15.3 Å². The minimum atomic E-state index is -0.916. The number of amides is 2. The first kappa shape index (κ1) is 15.4. The number of carboxylic acid groups (broad SMARTS) is 1. The number of nitrogens with one attached hydrogen (secondary N) is 1. The predicted octanol–water partition coefficient (Wildman–Crippen LogP) is 0.226. The van der Waals surface area contributed by atoms with Crippen LogP contribution in [-0.2, 0) is 14.4 Å². The van der Waals surface area contributed by atoms with Crippen molar-refractivity contribution in [2.24, 2.45) is 0 Å². The second-order valence-corrected chi connectivity index (χ2v) is 3.71. The third-order valence-electron chi connectivity index (χ3n) is 2.23. The Morgan fingerprint density at radius 2 is 1.88 bits per heavy atom.